The number of hydroxylamine groups is 1. The van der Waals surface area contributed by atoms with Crippen molar-refractivity contribution in [3.8, 4) is 0 Å². The average molecular weight is 265 g/mol. The Morgan fingerprint density at radius 2 is 1.45 bits per heavy atom. The van der Waals surface area contributed by atoms with Crippen molar-refractivity contribution in [2.24, 2.45) is 0 Å². The Balaban J connectivity index is 2.39. The molecule has 1 heterocycles. The van der Waals surface area contributed by atoms with Gasteiger partial charge in [-0.25, -0.2) is 0 Å². The quantitative estimate of drug-likeness (QED) is 0.440. The molecule has 0 spiro atoms. The van der Waals surface area contributed by atoms with Crippen LogP contribution in [0.3, 0.4) is 0 Å². The van der Waals surface area contributed by atoms with Crippen molar-refractivity contribution in [1.82, 2.24) is 4.65 Å². The van der Waals surface area contributed by atoms with Gasteiger partial charge < -0.3 is 5.21 Å². The van der Waals surface area contributed by atoms with E-state index in [4.69, 9.17) is 0 Å². The van der Waals surface area contributed by atoms with E-state index >= 15 is 0 Å². The number of benzene rings is 2. The van der Waals surface area contributed by atoms with Crippen molar-refractivity contribution in [2.75, 3.05) is 6.54 Å². The van der Waals surface area contributed by atoms with Gasteiger partial charge in [-0.3, -0.25) is 4.65 Å². The first-order chi connectivity index (χ1) is 9.52. The predicted molar refractivity (Wildman–Crippen MR) is 84.9 cm³/mol. The summed E-state index contributed by atoms with van der Waals surface area (Å²) in [6.45, 7) is 8.48. The lowest BCUT2D eigenvalue weighted by atomic mass is 9.73. The standard InChI is InChI=1S/C18H19NO/c1-4-13-19(20)16-11-7-5-9-14(16)18(2,3)15-10-6-8-12-17(15)19/h4-12H,1,13H2,2-3H3. The molecule has 2 aromatic carbocycles. The minimum absolute atomic E-state index is 0.152. The molecular formula is C18H19NO. The Bertz CT molecular complexity index is 623. The Labute approximate surface area is 120 Å². The number of hydrogen-bond donors (Lipinski definition) is 0. The van der Waals surface area contributed by atoms with Crippen LogP contribution in [0.5, 0.6) is 0 Å². The van der Waals surface area contributed by atoms with Crippen molar-refractivity contribution in [3.63, 3.8) is 0 Å². The highest BCUT2D eigenvalue weighted by molar-refractivity contribution is 5.74. The fourth-order valence-corrected chi connectivity index (χ4v) is 3.29. The smallest absolute Gasteiger partial charge is 0.142 e. The van der Waals surface area contributed by atoms with E-state index in [1.54, 1.807) is 6.08 Å². The summed E-state index contributed by atoms with van der Waals surface area (Å²) in [4.78, 5) is 0. The first-order valence-corrected chi connectivity index (χ1v) is 6.92. The zero-order valence-electron chi connectivity index (χ0n) is 12.0. The summed E-state index contributed by atoms with van der Waals surface area (Å²) in [7, 11) is 0. The highest BCUT2D eigenvalue weighted by Crippen LogP contribution is 2.52. The molecular weight excluding hydrogens is 246 g/mol. The molecule has 0 amide bonds. The summed E-state index contributed by atoms with van der Waals surface area (Å²) in [5.74, 6) is 0. The molecule has 0 saturated carbocycles. The van der Waals surface area contributed by atoms with E-state index in [-0.39, 0.29) is 5.41 Å². The second-order valence-corrected chi connectivity index (χ2v) is 5.87. The van der Waals surface area contributed by atoms with E-state index in [9.17, 15) is 5.21 Å². The number of fused-ring (bicyclic) bond motifs is 2. The molecule has 0 aromatic heterocycles. The number of para-hydroxylation sites is 2. The van der Waals surface area contributed by atoms with Gasteiger partial charge in [0.25, 0.3) is 0 Å². The maximum atomic E-state index is 13.5. The lowest BCUT2D eigenvalue weighted by Crippen LogP contribution is -2.45. The molecule has 0 atom stereocenters. The van der Waals surface area contributed by atoms with Gasteiger partial charge in [-0.15, -0.1) is 0 Å². The van der Waals surface area contributed by atoms with Gasteiger partial charge in [0.05, 0.1) is 0 Å². The topological polar surface area (TPSA) is 23.1 Å². The third-order valence-electron chi connectivity index (χ3n) is 4.32. The normalized spacial score (nSPS) is 17.9. The van der Waals surface area contributed by atoms with Crippen molar-refractivity contribution in [2.45, 2.75) is 19.3 Å². The van der Waals surface area contributed by atoms with Crippen LogP contribution in [-0.2, 0) is 5.41 Å². The zero-order chi connectivity index (χ0) is 14.4. The van der Waals surface area contributed by atoms with Crippen LogP contribution in [0.15, 0.2) is 61.2 Å². The third-order valence-corrected chi connectivity index (χ3v) is 4.32. The SMILES string of the molecule is C=CC[N+]1([O-])c2ccccc2C(C)(C)c2ccccc21. The van der Waals surface area contributed by atoms with Crippen LogP contribution in [0.25, 0.3) is 0 Å². The Kier molecular flexibility index (Phi) is 2.82. The van der Waals surface area contributed by atoms with E-state index in [0.29, 0.717) is 6.54 Å². The molecule has 0 saturated heterocycles. The van der Waals surface area contributed by atoms with Gasteiger partial charge in [-0.05, 0) is 6.08 Å². The van der Waals surface area contributed by atoms with Crippen LogP contribution in [0.4, 0.5) is 11.4 Å². The molecule has 20 heavy (non-hydrogen) atoms. The van der Waals surface area contributed by atoms with Crippen molar-refractivity contribution < 1.29 is 0 Å². The summed E-state index contributed by atoms with van der Waals surface area (Å²) < 4.78 is -0.445. The third kappa shape index (κ3) is 1.59. The number of quaternary nitrogens is 1. The second-order valence-electron chi connectivity index (χ2n) is 5.87. The zero-order valence-corrected chi connectivity index (χ0v) is 12.0. The summed E-state index contributed by atoms with van der Waals surface area (Å²) in [5.41, 5.74) is 3.72. The van der Waals surface area contributed by atoms with Crippen molar-refractivity contribution >= 4 is 11.4 Å². The lowest BCUT2D eigenvalue weighted by Gasteiger charge is -2.49. The van der Waals surface area contributed by atoms with E-state index < -0.39 is 4.65 Å². The molecule has 102 valence electrons. The Morgan fingerprint density at radius 3 is 1.90 bits per heavy atom. The molecule has 0 radical (unpaired) electrons. The van der Waals surface area contributed by atoms with E-state index in [1.807, 2.05) is 36.4 Å². The summed E-state index contributed by atoms with van der Waals surface area (Å²) >= 11 is 0. The molecule has 0 unspecified atom stereocenters. The number of nitrogens with zero attached hydrogens (tertiary/aromatic N) is 1. The maximum Gasteiger partial charge on any atom is 0.142 e. The van der Waals surface area contributed by atoms with E-state index in [1.165, 1.54) is 0 Å². The number of hydrogen-bond acceptors (Lipinski definition) is 1. The maximum absolute atomic E-state index is 13.5. The Hall–Kier alpha value is -1.90. The molecule has 0 bridgehead atoms. The molecule has 0 fully saturated rings. The fourth-order valence-electron chi connectivity index (χ4n) is 3.29. The molecule has 2 aromatic rings. The Morgan fingerprint density at radius 1 is 1.00 bits per heavy atom. The lowest BCUT2D eigenvalue weighted by molar-refractivity contribution is 0.492. The first kappa shape index (κ1) is 13.1. The van der Waals surface area contributed by atoms with Gasteiger partial charge in [0, 0.05) is 28.7 Å². The first-order valence-electron chi connectivity index (χ1n) is 6.92. The fraction of sp³-hybridized carbons (Fsp3) is 0.222. The van der Waals surface area contributed by atoms with Gasteiger partial charge >= 0.3 is 0 Å². The van der Waals surface area contributed by atoms with Crippen molar-refractivity contribution in [1.29, 1.82) is 0 Å². The molecule has 3 rings (SSSR count). The molecule has 2 heteroatoms. The van der Waals surface area contributed by atoms with Crippen LogP contribution in [0.1, 0.15) is 25.0 Å². The van der Waals surface area contributed by atoms with Crippen LogP contribution < -0.4 is 4.65 Å². The van der Waals surface area contributed by atoms with Gasteiger partial charge in [-0.2, -0.15) is 0 Å². The average Bonchev–Trinajstić information content (AvgIpc) is 2.46. The second kappa shape index (κ2) is 4.30. The minimum atomic E-state index is -0.445. The number of rotatable bonds is 2. The minimum Gasteiger partial charge on any atom is -0.622 e. The monoisotopic (exact) mass is 265 g/mol. The van der Waals surface area contributed by atoms with E-state index in [2.05, 4.69) is 32.6 Å². The molecule has 2 nitrogen and oxygen atoms in total. The summed E-state index contributed by atoms with van der Waals surface area (Å²) in [5, 5.41) is 13.5. The molecule has 1 aliphatic heterocycles. The predicted octanol–water partition coefficient (Wildman–Crippen LogP) is 4.65. The van der Waals surface area contributed by atoms with Gasteiger partial charge in [0.1, 0.15) is 17.9 Å². The highest BCUT2D eigenvalue weighted by Gasteiger charge is 2.42. The molecule has 0 aliphatic carbocycles. The molecule has 1 aliphatic rings. The van der Waals surface area contributed by atoms with Gasteiger partial charge in [0.2, 0.25) is 0 Å². The van der Waals surface area contributed by atoms with Crippen LogP contribution in [0, 0.1) is 5.21 Å². The van der Waals surface area contributed by atoms with Gasteiger partial charge in [-0.1, -0.05) is 56.8 Å². The molecule has 0 N–H and O–H groups in total. The summed E-state index contributed by atoms with van der Waals surface area (Å²) in [6, 6.07) is 15.9. The van der Waals surface area contributed by atoms with Crippen LogP contribution >= 0.6 is 0 Å². The van der Waals surface area contributed by atoms with Crippen LogP contribution in [0.2, 0.25) is 0 Å². The van der Waals surface area contributed by atoms with Crippen molar-refractivity contribution in [3.05, 3.63) is 77.5 Å². The van der Waals surface area contributed by atoms with E-state index in [0.717, 1.165) is 22.5 Å². The van der Waals surface area contributed by atoms with Crippen LogP contribution in [-0.4, -0.2) is 6.54 Å². The van der Waals surface area contributed by atoms with Gasteiger partial charge in [0.15, 0.2) is 0 Å². The highest BCUT2D eigenvalue weighted by atomic mass is 16.5. The largest absolute Gasteiger partial charge is 0.622 e. The summed E-state index contributed by atoms with van der Waals surface area (Å²) in [6.07, 6.45) is 1.71.